The third-order valence-electron chi connectivity index (χ3n) is 1.91. The zero-order chi connectivity index (χ0) is 11.1. The minimum atomic E-state index is -0.444. The van der Waals surface area contributed by atoms with Crippen LogP contribution < -0.4 is 0 Å². The van der Waals surface area contributed by atoms with Crippen LogP contribution in [0, 0.1) is 0 Å². The molecule has 3 radical (unpaired) electrons. The molecule has 0 rings (SSSR count). The summed E-state index contributed by atoms with van der Waals surface area (Å²) in [6.45, 7) is 3.51. The van der Waals surface area contributed by atoms with Gasteiger partial charge in [0.1, 0.15) is 0 Å². The van der Waals surface area contributed by atoms with Gasteiger partial charge in [-0.05, 0) is 0 Å². The topological polar surface area (TPSA) is 44.8 Å². The Bertz CT molecular complexity index is 215. The van der Waals surface area contributed by atoms with Crippen LogP contribution in [-0.4, -0.2) is 55.1 Å². The van der Waals surface area contributed by atoms with Crippen molar-refractivity contribution in [3.63, 3.8) is 0 Å². The van der Waals surface area contributed by atoms with Crippen molar-refractivity contribution in [2.24, 2.45) is 0 Å². The van der Waals surface area contributed by atoms with Crippen LogP contribution in [0.1, 0.15) is 13.8 Å². The van der Waals surface area contributed by atoms with Crippen molar-refractivity contribution < 1.29 is 17.3 Å². The molecular formula is C9H15O4Sn. The number of carbonyl (C=O) groups is 1. The molecule has 0 N–H and O–H groups in total. The maximum atomic E-state index is 11.4. The van der Waals surface area contributed by atoms with Crippen LogP contribution in [0.25, 0.3) is 0 Å². The quantitative estimate of drug-likeness (QED) is 0.410. The van der Waals surface area contributed by atoms with E-state index in [9.17, 15) is 4.79 Å². The fourth-order valence-electron chi connectivity index (χ4n) is 0.720. The van der Waals surface area contributed by atoms with Crippen LogP contribution in [0.3, 0.4) is 0 Å². The van der Waals surface area contributed by atoms with Gasteiger partial charge in [0.25, 0.3) is 0 Å². The average molecular weight is 306 g/mol. The third-order valence-corrected chi connectivity index (χ3v) is 2.58. The number of ketones is 1. The molecule has 2 unspecified atom stereocenters. The summed E-state index contributed by atoms with van der Waals surface area (Å²) in [6, 6.07) is 0. The Hall–Kier alpha value is -0.0713. The third kappa shape index (κ3) is 4.43. The average Bonchev–Trinajstić information content (AvgIpc) is 2.22. The second kappa shape index (κ2) is 7.25. The predicted octanol–water partition coefficient (Wildman–Crippen LogP) is 0.609. The molecule has 0 aromatic carbocycles. The zero-order valence-electron chi connectivity index (χ0n) is 8.87. The predicted molar refractivity (Wildman–Crippen MR) is 52.9 cm³/mol. The van der Waals surface area contributed by atoms with E-state index in [1.807, 2.05) is 6.92 Å². The van der Waals surface area contributed by atoms with Crippen LogP contribution in [-0.2, 0) is 17.3 Å². The minimum absolute atomic E-state index is 0.117. The Kier molecular flexibility index (Phi) is 7.21. The number of hydrogen-bond acceptors (Lipinski definition) is 4. The van der Waals surface area contributed by atoms with Crippen molar-refractivity contribution in [1.82, 2.24) is 0 Å². The van der Waals surface area contributed by atoms with Gasteiger partial charge in [-0.3, -0.25) is 0 Å². The number of methoxy groups -OCH3 is 2. The van der Waals surface area contributed by atoms with E-state index in [2.05, 4.69) is 0 Å². The maximum absolute atomic E-state index is 11.4. The van der Waals surface area contributed by atoms with Crippen molar-refractivity contribution >= 4 is 28.7 Å². The van der Waals surface area contributed by atoms with E-state index in [1.54, 1.807) is 14.0 Å². The van der Waals surface area contributed by atoms with Crippen LogP contribution in [0.4, 0.5) is 0 Å². The summed E-state index contributed by atoms with van der Waals surface area (Å²) in [6.07, 6.45) is 0.777. The van der Waals surface area contributed by atoms with Crippen LogP contribution >= 0.6 is 0 Å². The first-order valence-electron chi connectivity index (χ1n) is 4.21. The molecule has 0 saturated carbocycles. The molecule has 0 aliphatic heterocycles. The van der Waals surface area contributed by atoms with E-state index in [0.29, 0.717) is 5.76 Å². The second-order valence-corrected chi connectivity index (χ2v) is 3.39. The van der Waals surface area contributed by atoms with E-state index >= 15 is 0 Å². The van der Waals surface area contributed by atoms with Crippen molar-refractivity contribution in [1.29, 1.82) is 0 Å². The van der Waals surface area contributed by atoms with Crippen LogP contribution in [0.5, 0.6) is 0 Å². The van der Waals surface area contributed by atoms with Gasteiger partial charge in [0.2, 0.25) is 0 Å². The van der Waals surface area contributed by atoms with Gasteiger partial charge < -0.3 is 0 Å². The van der Waals surface area contributed by atoms with Gasteiger partial charge in [0.15, 0.2) is 0 Å². The summed E-state index contributed by atoms with van der Waals surface area (Å²) in [5.74, 6) is 0.424. The molecule has 2 atom stereocenters. The van der Waals surface area contributed by atoms with Crippen molar-refractivity contribution in [3.8, 4) is 0 Å². The molecular weight excluding hydrogens is 291 g/mol. The van der Waals surface area contributed by atoms with E-state index in [0.717, 1.165) is 22.9 Å². The second-order valence-electron chi connectivity index (χ2n) is 2.81. The Morgan fingerprint density at radius 2 is 1.71 bits per heavy atom. The van der Waals surface area contributed by atoms with Crippen molar-refractivity contribution in [2.75, 3.05) is 14.2 Å². The van der Waals surface area contributed by atoms with Crippen LogP contribution in [0.15, 0.2) is 11.8 Å². The first-order valence-corrected chi connectivity index (χ1v) is 5.37. The molecule has 0 saturated heterocycles. The van der Waals surface area contributed by atoms with E-state index in [4.69, 9.17) is 12.5 Å². The molecule has 0 bridgehead atoms. The summed E-state index contributed by atoms with van der Waals surface area (Å²) < 4.78 is 15.1. The molecule has 5 heteroatoms. The van der Waals surface area contributed by atoms with Gasteiger partial charge in [-0.15, -0.1) is 0 Å². The Morgan fingerprint density at radius 3 is 2.07 bits per heavy atom. The number of rotatable bonds is 6. The van der Waals surface area contributed by atoms with Crippen molar-refractivity contribution in [3.05, 3.63) is 11.8 Å². The number of ether oxygens (including phenoxy) is 2. The molecule has 0 aromatic heterocycles. The van der Waals surface area contributed by atoms with Gasteiger partial charge in [-0.25, -0.2) is 0 Å². The van der Waals surface area contributed by atoms with Gasteiger partial charge in [-0.2, -0.15) is 0 Å². The first-order chi connectivity index (χ1) is 6.56. The molecule has 0 aliphatic rings. The van der Waals surface area contributed by atoms with E-state index in [-0.39, 0.29) is 11.9 Å². The summed E-state index contributed by atoms with van der Waals surface area (Å²) in [4.78, 5) is 11.4. The molecule has 0 aliphatic carbocycles. The number of hydrogen-bond donors (Lipinski definition) is 0. The molecule has 0 fully saturated rings. The molecule has 0 amide bonds. The van der Waals surface area contributed by atoms with Crippen molar-refractivity contribution in [2.45, 2.75) is 26.1 Å². The Balaban J connectivity index is 4.50. The Labute approximate surface area is 98.2 Å². The summed E-state index contributed by atoms with van der Waals surface area (Å²) in [5.41, 5.74) is 0. The van der Waals surface area contributed by atoms with Gasteiger partial charge >= 0.3 is 98.2 Å². The molecule has 0 spiro atoms. The number of carbonyl (C=O) groups excluding carboxylic acids is 1. The monoisotopic (exact) mass is 307 g/mol. The van der Waals surface area contributed by atoms with E-state index < -0.39 is 6.10 Å². The fraction of sp³-hybridized carbons (Fsp3) is 0.667. The normalized spacial score (nSPS) is 16.2. The molecule has 79 valence electrons. The first kappa shape index (κ1) is 13.9. The Morgan fingerprint density at radius 1 is 1.21 bits per heavy atom. The zero-order valence-corrected chi connectivity index (χ0v) is 11.7. The van der Waals surface area contributed by atoms with Gasteiger partial charge in [0.05, 0.1) is 0 Å². The summed E-state index contributed by atoms with van der Waals surface area (Å²) in [7, 11) is 3.06. The molecule has 0 aromatic rings. The van der Waals surface area contributed by atoms with Gasteiger partial charge in [-0.1, -0.05) is 0 Å². The van der Waals surface area contributed by atoms with Crippen LogP contribution in [0.2, 0.25) is 0 Å². The standard InChI is InChI=1S/C9H16O4.Sn/c1-6(12-3)8(10)5-9(11)7(2)13-4;/h5-7,10H,1-4H3;/q;+1/p-1/b8-5-;. The SMILES string of the molecule is COC(C)C(=O)/C=C(\[O][Sn])C(C)OC. The fourth-order valence-corrected chi connectivity index (χ4v) is 1.36. The molecule has 0 heterocycles. The molecule has 4 nitrogen and oxygen atoms in total. The van der Waals surface area contributed by atoms with Gasteiger partial charge in [0, 0.05) is 0 Å². The summed E-state index contributed by atoms with van der Waals surface area (Å²) in [5, 5.41) is 0. The molecule has 14 heavy (non-hydrogen) atoms. The van der Waals surface area contributed by atoms with E-state index in [1.165, 1.54) is 13.2 Å². The summed E-state index contributed by atoms with van der Waals surface area (Å²) >= 11 is 0.878.